The van der Waals surface area contributed by atoms with Crippen LogP contribution in [0.2, 0.25) is 0 Å². The second-order valence-electron chi connectivity index (χ2n) is 3.61. The van der Waals surface area contributed by atoms with Gasteiger partial charge in [0.25, 0.3) is 0 Å². The van der Waals surface area contributed by atoms with Gasteiger partial charge in [0.05, 0.1) is 17.9 Å². The molecule has 0 aliphatic rings. The van der Waals surface area contributed by atoms with Crippen LogP contribution in [0.25, 0.3) is 0 Å². The molecule has 0 heterocycles. The van der Waals surface area contributed by atoms with Crippen LogP contribution in [0.4, 0.5) is 0 Å². The van der Waals surface area contributed by atoms with Gasteiger partial charge in [-0.1, -0.05) is 54.7 Å². The van der Waals surface area contributed by atoms with Crippen molar-refractivity contribution >= 4 is 35.3 Å². The van der Waals surface area contributed by atoms with Gasteiger partial charge in [0, 0.05) is 0 Å². The predicted octanol–water partition coefficient (Wildman–Crippen LogP) is -0.775. The number of allylic oxidation sites excluding steroid dienone is 9. The molecule has 0 aromatic rings. The smallest absolute Gasteiger partial charge is 0.545 e. The minimum absolute atomic E-state index is 0. The third-order valence-corrected chi connectivity index (χ3v) is 1.61. The summed E-state index contributed by atoms with van der Waals surface area (Å²) < 4.78 is 0. The van der Waals surface area contributed by atoms with Crippen molar-refractivity contribution < 1.29 is 29.7 Å². The second kappa shape index (κ2) is 26.3. The maximum atomic E-state index is 9.64. The summed E-state index contributed by atoms with van der Waals surface area (Å²) in [7, 11) is 0. The van der Waals surface area contributed by atoms with Crippen LogP contribution < -0.4 is 15.3 Å². The fraction of sp³-hybridized carbons (Fsp3) is 0.167. The summed E-state index contributed by atoms with van der Waals surface area (Å²) in [6.45, 7) is 5.42. The molecular formula is C18H21AlO6. The van der Waals surface area contributed by atoms with E-state index in [1.165, 1.54) is 18.2 Å². The second-order valence-corrected chi connectivity index (χ2v) is 3.61. The summed E-state index contributed by atoms with van der Waals surface area (Å²) in [6.07, 6.45) is 17.2. The molecule has 0 atom stereocenters. The van der Waals surface area contributed by atoms with Gasteiger partial charge in [-0.25, -0.2) is 0 Å². The fourth-order valence-electron chi connectivity index (χ4n) is 0.736. The van der Waals surface area contributed by atoms with E-state index in [9.17, 15) is 29.7 Å². The summed E-state index contributed by atoms with van der Waals surface area (Å²) in [5.41, 5.74) is 0. The first-order valence-corrected chi connectivity index (χ1v) is 6.82. The Labute approximate surface area is 159 Å². The number of hydrogen-bond acceptors (Lipinski definition) is 6. The maximum absolute atomic E-state index is 9.64. The van der Waals surface area contributed by atoms with Gasteiger partial charge in [-0.3, -0.25) is 0 Å². The Balaban J connectivity index is -0.000000130. The first kappa shape index (κ1) is 30.3. The van der Waals surface area contributed by atoms with Crippen LogP contribution in [0, 0.1) is 0 Å². The molecule has 0 rings (SSSR count). The number of carbonyl (C=O) groups excluding carboxylic acids is 3. The molecule has 0 radical (unpaired) electrons. The van der Waals surface area contributed by atoms with Crippen LogP contribution in [-0.4, -0.2) is 35.3 Å². The molecule has 0 bridgehead atoms. The largest absolute Gasteiger partial charge is 3.00 e. The van der Waals surface area contributed by atoms with Gasteiger partial charge in [0.2, 0.25) is 0 Å². The number of aliphatic carboxylic acids is 3. The van der Waals surface area contributed by atoms with Crippen LogP contribution in [0.15, 0.2) is 72.9 Å². The van der Waals surface area contributed by atoms with E-state index < -0.39 is 17.9 Å². The van der Waals surface area contributed by atoms with Gasteiger partial charge < -0.3 is 29.7 Å². The van der Waals surface area contributed by atoms with E-state index in [1.54, 1.807) is 57.2 Å². The summed E-state index contributed by atoms with van der Waals surface area (Å²) in [5, 5.41) is 28.9. The number of carbonyl (C=O) groups is 3. The van der Waals surface area contributed by atoms with E-state index in [0.29, 0.717) is 0 Å². The normalized spacial score (nSPS) is 10.7. The quantitative estimate of drug-likeness (QED) is 0.348. The summed E-state index contributed by atoms with van der Waals surface area (Å²) in [4.78, 5) is 28.9. The van der Waals surface area contributed by atoms with Crippen LogP contribution in [0.1, 0.15) is 20.8 Å². The molecule has 0 aliphatic carbocycles. The zero-order valence-corrected chi connectivity index (χ0v) is 15.6. The Morgan fingerprint density at radius 3 is 0.840 bits per heavy atom. The number of carboxylic acids is 3. The summed E-state index contributed by atoms with van der Waals surface area (Å²) in [5.74, 6) is -3.49. The maximum Gasteiger partial charge on any atom is 3.00 e. The Morgan fingerprint density at radius 1 is 0.520 bits per heavy atom. The van der Waals surface area contributed by atoms with Crippen molar-refractivity contribution in [3.63, 3.8) is 0 Å². The SMILES string of the molecule is CC=CC=CC(=O)[O-].CC=CC=CC(=O)[O-].CC=CC=CC(=O)[O-].[Al+3]. The molecule has 7 heteroatoms. The van der Waals surface area contributed by atoms with Gasteiger partial charge in [0.15, 0.2) is 0 Å². The van der Waals surface area contributed by atoms with Crippen molar-refractivity contribution in [3.8, 4) is 0 Å². The zero-order chi connectivity index (χ0) is 19.2. The Bertz CT molecular complexity index is 450. The van der Waals surface area contributed by atoms with Gasteiger partial charge >= 0.3 is 17.4 Å². The van der Waals surface area contributed by atoms with E-state index in [2.05, 4.69) is 0 Å². The van der Waals surface area contributed by atoms with Gasteiger partial charge in [0.1, 0.15) is 0 Å². The molecule has 0 unspecified atom stereocenters. The average Bonchev–Trinajstić information content (AvgIpc) is 2.48. The first-order chi connectivity index (χ1) is 11.3. The first-order valence-electron chi connectivity index (χ1n) is 6.82. The van der Waals surface area contributed by atoms with Crippen LogP contribution >= 0.6 is 0 Å². The Kier molecular flexibility index (Phi) is 31.8. The van der Waals surface area contributed by atoms with Gasteiger partial charge in [-0.05, 0) is 39.0 Å². The van der Waals surface area contributed by atoms with Gasteiger partial charge in [-0.15, -0.1) is 0 Å². The number of carboxylic acid groups (broad SMARTS) is 3. The summed E-state index contributed by atoms with van der Waals surface area (Å²) in [6, 6.07) is 0. The average molecular weight is 360 g/mol. The van der Waals surface area contributed by atoms with E-state index in [0.717, 1.165) is 18.2 Å². The van der Waals surface area contributed by atoms with Crippen molar-refractivity contribution in [1.82, 2.24) is 0 Å². The van der Waals surface area contributed by atoms with E-state index in [-0.39, 0.29) is 17.4 Å². The van der Waals surface area contributed by atoms with Crippen molar-refractivity contribution in [2.45, 2.75) is 20.8 Å². The Hall–Kier alpha value is -2.62. The molecule has 0 N–H and O–H groups in total. The molecule has 0 aliphatic heterocycles. The van der Waals surface area contributed by atoms with E-state index in [4.69, 9.17) is 0 Å². The van der Waals surface area contributed by atoms with E-state index in [1.807, 2.05) is 0 Å². The molecule has 0 fully saturated rings. The van der Waals surface area contributed by atoms with Crippen molar-refractivity contribution in [2.24, 2.45) is 0 Å². The third-order valence-electron chi connectivity index (χ3n) is 1.61. The van der Waals surface area contributed by atoms with Crippen molar-refractivity contribution in [3.05, 3.63) is 72.9 Å². The molecule has 0 saturated carbocycles. The van der Waals surface area contributed by atoms with Crippen molar-refractivity contribution in [1.29, 1.82) is 0 Å². The minimum atomic E-state index is -1.16. The Morgan fingerprint density at radius 2 is 0.720 bits per heavy atom. The van der Waals surface area contributed by atoms with Crippen LogP contribution in [0.3, 0.4) is 0 Å². The number of hydrogen-bond donors (Lipinski definition) is 0. The minimum Gasteiger partial charge on any atom is -0.545 e. The van der Waals surface area contributed by atoms with E-state index >= 15 is 0 Å². The topological polar surface area (TPSA) is 120 Å². The van der Waals surface area contributed by atoms with Crippen LogP contribution in [-0.2, 0) is 14.4 Å². The fourth-order valence-corrected chi connectivity index (χ4v) is 0.736. The molecular weight excluding hydrogens is 339 g/mol. The molecule has 0 aromatic carbocycles. The third kappa shape index (κ3) is 52.4. The molecule has 0 spiro atoms. The number of rotatable bonds is 6. The molecule has 6 nitrogen and oxygen atoms in total. The summed E-state index contributed by atoms with van der Waals surface area (Å²) >= 11 is 0. The molecule has 132 valence electrons. The zero-order valence-electron chi connectivity index (χ0n) is 14.5. The monoisotopic (exact) mass is 360 g/mol. The predicted molar refractivity (Wildman–Crippen MR) is 92.6 cm³/mol. The van der Waals surface area contributed by atoms with Crippen LogP contribution in [0.5, 0.6) is 0 Å². The molecule has 25 heavy (non-hydrogen) atoms. The standard InChI is InChI=1S/3C6H8O2.Al/c3*1-2-3-4-5-6(7)8;/h3*2-5H,1H3,(H,7,8);/q;;;+3/p-3. The van der Waals surface area contributed by atoms with Crippen molar-refractivity contribution in [2.75, 3.05) is 0 Å². The van der Waals surface area contributed by atoms with Gasteiger partial charge in [-0.2, -0.15) is 0 Å². The molecule has 0 aromatic heterocycles. The molecule has 0 amide bonds. The molecule has 0 saturated heterocycles.